The van der Waals surface area contributed by atoms with Crippen LogP contribution >= 0.6 is 11.8 Å². The van der Waals surface area contributed by atoms with Gasteiger partial charge in [0.05, 0.1) is 17.5 Å². The molecule has 1 atom stereocenters. The SMILES string of the molecule is O=C(CSc1nnc(-c2ccc3c(c2)OCO3)o1)N1c2ccccc2OC[C@@H]1c1ccccc1. The minimum absolute atomic E-state index is 0.0718. The Morgan fingerprint density at radius 2 is 1.74 bits per heavy atom. The molecule has 2 aliphatic rings. The molecule has 1 amide bonds. The summed E-state index contributed by atoms with van der Waals surface area (Å²) in [5, 5.41) is 8.54. The summed E-state index contributed by atoms with van der Waals surface area (Å²) in [6.45, 7) is 0.576. The Morgan fingerprint density at radius 3 is 2.65 bits per heavy atom. The van der Waals surface area contributed by atoms with Crippen molar-refractivity contribution >= 4 is 23.4 Å². The van der Waals surface area contributed by atoms with E-state index in [1.54, 1.807) is 17.0 Å². The summed E-state index contributed by atoms with van der Waals surface area (Å²) >= 11 is 1.21. The number of ether oxygens (including phenoxy) is 3. The van der Waals surface area contributed by atoms with Gasteiger partial charge in [0.2, 0.25) is 18.6 Å². The number of anilines is 1. The minimum Gasteiger partial charge on any atom is -0.489 e. The van der Waals surface area contributed by atoms with Crippen molar-refractivity contribution in [1.82, 2.24) is 10.2 Å². The van der Waals surface area contributed by atoms with Gasteiger partial charge < -0.3 is 18.6 Å². The highest BCUT2D eigenvalue weighted by molar-refractivity contribution is 7.99. The summed E-state index contributed by atoms with van der Waals surface area (Å²) < 4.78 is 22.5. The Bertz CT molecular complexity index is 1340. The highest BCUT2D eigenvalue weighted by Gasteiger charge is 2.33. The summed E-state index contributed by atoms with van der Waals surface area (Å²) in [6.07, 6.45) is 0. The molecule has 0 radical (unpaired) electrons. The van der Waals surface area contributed by atoms with Crippen molar-refractivity contribution in [2.45, 2.75) is 11.3 Å². The molecule has 0 bridgehead atoms. The Morgan fingerprint density at radius 1 is 0.912 bits per heavy atom. The van der Waals surface area contributed by atoms with E-state index in [2.05, 4.69) is 10.2 Å². The van der Waals surface area contributed by atoms with Crippen LogP contribution in [-0.4, -0.2) is 35.3 Å². The lowest BCUT2D eigenvalue weighted by molar-refractivity contribution is -0.117. The van der Waals surface area contributed by atoms with Crippen LogP contribution in [0.3, 0.4) is 0 Å². The van der Waals surface area contributed by atoms with Crippen LogP contribution in [0.5, 0.6) is 17.2 Å². The van der Waals surface area contributed by atoms with Gasteiger partial charge in [0, 0.05) is 5.56 Å². The first kappa shape index (κ1) is 20.6. The maximum Gasteiger partial charge on any atom is 0.277 e. The number of fused-ring (bicyclic) bond motifs is 2. The molecule has 3 heterocycles. The molecular formula is C25H19N3O5S. The molecule has 9 heteroatoms. The maximum atomic E-state index is 13.5. The smallest absolute Gasteiger partial charge is 0.277 e. The van der Waals surface area contributed by atoms with Crippen molar-refractivity contribution in [2.75, 3.05) is 24.1 Å². The number of nitrogens with zero attached hydrogens (tertiary/aromatic N) is 3. The minimum atomic E-state index is -0.226. The van der Waals surface area contributed by atoms with Gasteiger partial charge in [0.25, 0.3) is 5.22 Å². The fraction of sp³-hybridized carbons (Fsp3) is 0.160. The van der Waals surface area contributed by atoms with Crippen LogP contribution < -0.4 is 19.1 Å². The number of para-hydroxylation sites is 2. The Balaban J connectivity index is 1.21. The molecule has 0 unspecified atom stereocenters. The zero-order valence-corrected chi connectivity index (χ0v) is 18.7. The van der Waals surface area contributed by atoms with Crippen LogP contribution in [0, 0.1) is 0 Å². The number of rotatable bonds is 5. The number of hydrogen-bond acceptors (Lipinski definition) is 8. The van der Waals surface area contributed by atoms with Gasteiger partial charge in [-0.05, 0) is 35.9 Å². The lowest BCUT2D eigenvalue weighted by atomic mass is 10.0. The first-order valence-electron chi connectivity index (χ1n) is 10.7. The molecule has 170 valence electrons. The fourth-order valence-corrected chi connectivity index (χ4v) is 4.65. The van der Waals surface area contributed by atoms with Gasteiger partial charge in [-0.25, -0.2) is 0 Å². The van der Waals surface area contributed by atoms with Gasteiger partial charge in [-0.2, -0.15) is 0 Å². The van der Waals surface area contributed by atoms with Crippen LogP contribution in [0.2, 0.25) is 0 Å². The van der Waals surface area contributed by atoms with Gasteiger partial charge >= 0.3 is 0 Å². The van der Waals surface area contributed by atoms with Gasteiger partial charge in [0.15, 0.2) is 11.5 Å². The second kappa shape index (κ2) is 8.75. The molecule has 3 aromatic carbocycles. The molecule has 1 aromatic heterocycles. The second-order valence-corrected chi connectivity index (χ2v) is 8.63. The molecule has 0 spiro atoms. The van der Waals surface area contributed by atoms with E-state index in [1.807, 2.05) is 60.7 Å². The Labute approximate surface area is 199 Å². The average molecular weight is 474 g/mol. The summed E-state index contributed by atoms with van der Waals surface area (Å²) in [6, 6.07) is 22.7. The van der Waals surface area contributed by atoms with Crippen LogP contribution in [0.15, 0.2) is 82.4 Å². The highest BCUT2D eigenvalue weighted by Crippen LogP contribution is 2.40. The number of thioether (sulfide) groups is 1. The monoisotopic (exact) mass is 473 g/mol. The van der Waals surface area contributed by atoms with Gasteiger partial charge in [0.1, 0.15) is 12.4 Å². The number of hydrogen-bond donors (Lipinski definition) is 0. The van der Waals surface area contributed by atoms with E-state index in [1.165, 1.54) is 11.8 Å². The third-order valence-electron chi connectivity index (χ3n) is 5.63. The van der Waals surface area contributed by atoms with E-state index in [9.17, 15) is 4.79 Å². The highest BCUT2D eigenvalue weighted by atomic mass is 32.2. The quantitative estimate of drug-likeness (QED) is 0.385. The largest absolute Gasteiger partial charge is 0.489 e. The maximum absolute atomic E-state index is 13.5. The Kier molecular flexibility index (Phi) is 5.31. The first-order valence-corrected chi connectivity index (χ1v) is 11.7. The van der Waals surface area contributed by atoms with Crippen molar-refractivity contribution in [1.29, 1.82) is 0 Å². The average Bonchev–Trinajstić information content (AvgIpc) is 3.56. The molecule has 0 saturated carbocycles. The van der Waals surface area contributed by atoms with Crippen LogP contribution in [-0.2, 0) is 4.79 Å². The predicted molar refractivity (Wildman–Crippen MR) is 125 cm³/mol. The lowest BCUT2D eigenvalue weighted by Gasteiger charge is -2.37. The van der Waals surface area contributed by atoms with Gasteiger partial charge in [-0.3, -0.25) is 9.69 Å². The Hall–Kier alpha value is -3.98. The van der Waals surface area contributed by atoms with E-state index in [-0.39, 0.29) is 24.5 Å². The zero-order valence-electron chi connectivity index (χ0n) is 17.9. The number of carbonyl (C=O) groups is 1. The van der Waals surface area contributed by atoms with E-state index >= 15 is 0 Å². The predicted octanol–water partition coefficient (Wildman–Crippen LogP) is 4.72. The zero-order chi connectivity index (χ0) is 22.9. The molecule has 0 fully saturated rings. The normalized spacial score (nSPS) is 16.1. The van der Waals surface area contributed by atoms with Crippen molar-refractivity contribution in [3.8, 4) is 28.7 Å². The molecule has 4 aromatic rings. The van der Waals surface area contributed by atoms with Crippen LogP contribution in [0.1, 0.15) is 11.6 Å². The van der Waals surface area contributed by atoms with Crippen molar-refractivity contribution in [3.05, 3.63) is 78.4 Å². The third kappa shape index (κ3) is 3.84. The number of amides is 1. The molecule has 6 rings (SSSR count). The van der Waals surface area contributed by atoms with E-state index < -0.39 is 0 Å². The number of carbonyl (C=O) groups excluding carboxylic acids is 1. The van der Waals surface area contributed by atoms with Crippen LogP contribution in [0.25, 0.3) is 11.5 Å². The van der Waals surface area contributed by atoms with Gasteiger partial charge in [-0.15, -0.1) is 10.2 Å². The third-order valence-corrected chi connectivity index (χ3v) is 6.43. The molecule has 34 heavy (non-hydrogen) atoms. The summed E-state index contributed by atoms with van der Waals surface area (Å²) in [5.74, 6) is 2.43. The lowest BCUT2D eigenvalue weighted by Crippen LogP contribution is -2.42. The van der Waals surface area contributed by atoms with E-state index in [0.29, 0.717) is 35.0 Å². The van der Waals surface area contributed by atoms with Crippen molar-refractivity contribution in [2.24, 2.45) is 0 Å². The molecule has 0 N–H and O–H groups in total. The summed E-state index contributed by atoms with van der Waals surface area (Å²) in [7, 11) is 0. The molecule has 8 nitrogen and oxygen atoms in total. The number of benzene rings is 3. The van der Waals surface area contributed by atoms with E-state index in [4.69, 9.17) is 18.6 Å². The second-order valence-electron chi connectivity index (χ2n) is 7.70. The standard InChI is InChI=1S/C25H19N3O5S/c29-23(14-34-25-27-26-24(33-25)17-10-11-21-22(12-17)32-15-31-21)28-18-8-4-5-9-20(18)30-13-19(28)16-6-2-1-3-7-16/h1-12,19H,13-15H2/t19-/m1/s1. The van der Waals surface area contributed by atoms with Crippen molar-refractivity contribution < 1.29 is 23.4 Å². The molecule has 2 aliphatic heterocycles. The summed E-state index contributed by atoms with van der Waals surface area (Å²) in [4.78, 5) is 15.3. The van der Waals surface area contributed by atoms with Gasteiger partial charge in [-0.1, -0.05) is 54.2 Å². The molecule has 0 aliphatic carbocycles. The fourth-order valence-electron chi connectivity index (χ4n) is 4.03. The van der Waals surface area contributed by atoms with E-state index in [0.717, 1.165) is 16.8 Å². The summed E-state index contributed by atoms with van der Waals surface area (Å²) in [5.41, 5.74) is 2.49. The first-order chi connectivity index (χ1) is 16.8. The number of aromatic nitrogens is 2. The molecule has 0 saturated heterocycles. The molecular weight excluding hydrogens is 454 g/mol. The topological polar surface area (TPSA) is 86.9 Å². The van der Waals surface area contributed by atoms with Crippen LogP contribution in [0.4, 0.5) is 5.69 Å². The van der Waals surface area contributed by atoms with Crippen molar-refractivity contribution in [3.63, 3.8) is 0 Å².